The molecule has 0 atom stereocenters. The van der Waals surface area contributed by atoms with Crippen molar-refractivity contribution >= 4 is 11.6 Å². The number of aliphatic imine (C=N–C) groups is 1. The molecule has 0 aliphatic carbocycles. The summed E-state index contributed by atoms with van der Waals surface area (Å²) in [5.41, 5.74) is 9.33. The minimum Gasteiger partial charge on any atom is -0.497 e. The van der Waals surface area contributed by atoms with Crippen LogP contribution in [-0.2, 0) is 12.8 Å². The second-order valence-corrected chi connectivity index (χ2v) is 5.41. The maximum absolute atomic E-state index is 5.93. The van der Waals surface area contributed by atoms with Crippen molar-refractivity contribution in [3.63, 3.8) is 0 Å². The predicted molar refractivity (Wildman–Crippen MR) is 92.5 cm³/mol. The van der Waals surface area contributed by atoms with Gasteiger partial charge in [0.25, 0.3) is 0 Å². The predicted octanol–water partition coefficient (Wildman–Crippen LogP) is 2.60. The SMILES string of the molecule is COc1cccc(NC(N)=NCCc2ccc3c(c2)CCO3)c1. The molecule has 0 aromatic heterocycles. The third-order valence-corrected chi connectivity index (χ3v) is 3.78. The Kier molecular flexibility index (Phi) is 4.66. The molecule has 0 fully saturated rings. The number of ether oxygens (including phenoxy) is 2. The molecule has 0 amide bonds. The van der Waals surface area contributed by atoms with Gasteiger partial charge in [0, 0.05) is 24.7 Å². The second kappa shape index (κ2) is 7.05. The van der Waals surface area contributed by atoms with Crippen LogP contribution in [0.4, 0.5) is 5.69 Å². The maximum Gasteiger partial charge on any atom is 0.193 e. The van der Waals surface area contributed by atoms with E-state index in [4.69, 9.17) is 15.2 Å². The summed E-state index contributed by atoms with van der Waals surface area (Å²) in [5, 5.41) is 3.07. The van der Waals surface area contributed by atoms with E-state index in [-0.39, 0.29) is 0 Å². The molecule has 120 valence electrons. The maximum atomic E-state index is 5.93. The number of nitrogens with zero attached hydrogens (tertiary/aromatic N) is 1. The average molecular weight is 311 g/mol. The van der Waals surface area contributed by atoms with Gasteiger partial charge in [0.15, 0.2) is 5.96 Å². The molecule has 0 spiro atoms. The number of nitrogens with one attached hydrogen (secondary N) is 1. The van der Waals surface area contributed by atoms with Crippen molar-refractivity contribution in [3.8, 4) is 11.5 Å². The van der Waals surface area contributed by atoms with Gasteiger partial charge < -0.3 is 20.5 Å². The molecule has 23 heavy (non-hydrogen) atoms. The first-order chi connectivity index (χ1) is 11.2. The molecule has 2 aromatic rings. The quantitative estimate of drug-likeness (QED) is 0.658. The standard InChI is InChI=1S/C18H21N3O2/c1-22-16-4-2-3-15(12-16)21-18(19)20-9-7-13-5-6-17-14(11-13)8-10-23-17/h2-6,11-12H,7-10H2,1H3,(H3,19,20,21). The molecule has 3 N–H and O–H groups in total. The molecule has 0 radical (unpaired) electrons. The Bertz CT molecular complexity index is 713. The first-order valence-corrected chi connectivity index (χ1v) is 7.70. The molecular formula is C18H21N3O2. The lowest BCUT2D eigenvalue weighted by molar-refractivity contribution is 0.357. The molecule has 5 heteroatoms. The van der Waals surface area contributed by atoms with Crippen LogP contribution in [-0.4, -0.2) is 26.2 Å². The van der Waals surface area contributed by atoms with Crippen molar-refractivity contribution in [2.45, 2.75) is 12.8 Å². The van der Waals surface area contributed by atoms with E-state index >= 15 is 0 Å². The van der Waals surface area contributed by atoms with Gasteiger partial charge in [0.1, 0.15) is 11.5 Å². The Labute approximate surface area is 136 Å². The van der Waals surface area contributed by atoms with Crippen molar-refractivity contribution in [1.82, 2.24) is 0 Å². The third kappa shape index (κ3) is 3.94. The summed E-state index contributed by atoms with van der Waals surface area (Å²) < 4.78 is 10.7. The summed E-state index contributed by atoms with van der Waals surface area (Å²) in [6.45, 7) is 1.43. The Morgan fingerprint density at radius 2 is 2.22 bits per heavy atom. The molecule has 0 saturated carbocycles. The highest BCUT2D eigenvalue weighted by atomic mass is 16.5. The van der Waals surface area contributed by atoms with Gasteiger partial charge in [-0.1, -0.05) is 18.2 Å². The fourth-order valence-electron chi connectivity index (χ4n) is 2.59. The van der Waals surface area contributed by atoms with Gasteiger partial charge in [-0.15, -0.1) is 0 Å². The molecule has 2 aromatic carbocycles. The summed E-state index contributed by atoms with van der Waals surface area (Å²) in [6, 6.07) is 13.9. The molecular weight excluding hydrogens is 290 g/mol. The molecule has 0 saturated heterocycles. The monoisotopic (exact) mass is 311 g/mol. The van der Waals surface area contributed by atoms with Crippen LogP contribution in [0.3, 0.4) is 0 Å². The highest BCUT2D eigenvalue weighted by Crippen LogP contribution is 2.26. The van der Waals surface area contributed by atoms with Crippen molar-refractivity contribution in [2.24, 2.45) is 10.7 Å². The lowest BCUT2D eigenvalue weighted by atomic mass is 10.1. The first kappa shape index (κ1) is 15.2. The molecule has 5 nitrogen and oxygen atoms in total. The van der Waals surface area contributed by atoms with Crippen LogP contribution in [0, 0.1) is 0 Å². The van der Waals surface area contributed by atoms with Crippen molar-refractivity contribution in [2.75, 3.05) is 25.6 Å². The van der Waals surface area contributed by atoms with E-state index in [0.29, 0.717) is 12.5 Å². The van der Waals surface area contributed by atoms with E-state index in [1.54, 1.807) is 7.11 Å². The Morgan fingerprint density at radius 1 is 1.30 bits per heavy atom. The smallest absolute Gasteiger partial charge is 0.193 e. The largest absolute Gasteiger partial charge is 0.497 e. The van der Waals surface area contributed by atoms with Crippen LogP contribution in [0.5, 0.6) is 11.5 Å². The average Bonchev–Trinajstić information content (AvgIpc) is 3.02. The number of hydrogen-bond donors (Lipinski definition) is 2. The Balaban J connectivity index is 1.55. The third-order valence-electron chi connectivity index (χ3n) is 3.78. The van der Waals surface area contributed by atoms with Crippen LogP contribution < -0.4 is 20.5 Å². The van der Waals surface area contributed by atoms with Crippen molar-refractivity contribution < 1.29 is 9.47 Å². The van der Waals surface area contributed by atoms with E-state index in [0.717, 1.165) is 36.6 Å². The molecule has 1 heterocycles. The van der Waals surface area contributed by atoms with E-state index in [2.05, 4.69) is 22.4 Å². The summed E-state index contributed by atoms with van der Waals surface area (Å²) in [7, 11) is 1.64. The van der Waals surface area contributed by atoms with Gasteiger partial charge in [-0.2, -0.15) is 0 Å². The number of benzene rings is 2. The number of hydrogen-bond acceptors (Lipinski definition) is 3. The minimum atomic E-state index is 0.405. The Morgan fingerprint density at radius 3 is 3.09 bits per heavy atom. The zero-order chi connectivity index (χ0) is 16.1. The van der Waals surface area contributed by atoms with E-state index in [1.807, 2.05) is 30.3 Å². The molecule has 1 aliphatic heterocycles. The molecule has 0 unspecified atom stereocenters. The van der Waals surface area contributed by atoms with Crippen LogP contribution in [0.25, 0.3) is 0 Å². The van der Waals surface area contributed by atoms with E-state index in [1.165, 1.54) is 11.1 Å². The highest BCUT2D eigenvalue weighted by molar-refractivity contribution is 5.92. The second-order valence-electron chi connectivity index (χ2n) is 5.41. The van der Waals surface area contributed by atoms with Gasteiger partial charge in [-0.25, -0.2) is 0 Å². The number of anilines is 1. The number of guanidine groups is 1. The zero-order valence-corrected chi connectivity index (χ0v) is 13.2. The lowest BCUT2D eigenvalue weighted by Gasteiger charge is -2.07. The van der Waals surface area contributed by atoms with Crippen LogP contribution in [0.2, 0.25) is 0 Å². The van der Waals surface area contributed by atoms with Crippen LogP contribution in [0.1, 0.15) is 11.1 Å². The van der Waals surface area contributed by atoms with Gasteiger partial charge in [0.2, 0.25) is 0 Å². The summed E-state index contributed by atoms with van der Waals surface area (Å²) in [6.07, 6.45) is 1.85. The van der Waals surface area contributed by atoms with Crippen LogP contribution in [0.15, 0.2) is 47.5 Å². The van der Waals surface area contributed by atoms with Gasteiger partial charge in [0.05, 0.1) is 13.7 Å². The molecule has 0 bridgehead atoms. The Hall–Kier alpha value is -2.69. The number of methoxy groups -OCH3 is 1. The fourth-order valence-corrected chi connectivity index (χ4v) is 2.59. The summed E-state index contributed by atoms with van der Waals surface area (Å²) in [5.74, 6) is 2.20. The normalized spacial score (nSPS) is 13.3. The topological polar surface area (TPSA) is 68.9 Å². The minimum absolute atomic E-state index is 0.405. The highest BCUT2D eigenvalue weighted by Gasteiger charge is 2.11. The van der Waals surface area contributed by atoms with Gasteiger partial charge in [-0.05, 0) is 35.7 Å². The number of rotatable bonds is 5. The summed E-state index contributed by atoms with van der Waals surface area (Å²) >= 11 is 0. The zero-order valence-electron chi connectivity index (χ0n) is 13.2. The number of nitrogens with two attached hydrogens (primary N) is 1. The van der Waals surface area contributed by atoms with Gasteiger partial charge in [-0.3, -0.25) is 4.99 Å². The molecule has 3 rings (SSSR count). The van der Waals surface area contributed by atoms with E-state index in [9.17, 15) is 0 Å². The van der Waals surface area contributed by atoms with Crippen molar-refractivity contribution in [1.29, 1.82) is 0 Å². The van der Waals surface area contributed by atoms with E-state index < -0.39 is 0 Å². The van der Waals surface area contributed by atoms with Crippen LogP contribution >= 0.6 is 0 Å². The first-order valence-electron chi connectivity index (χ1n) is 7.70. The van der Waals surface area contributed by atoms with Crippen molar-refractivity contribution in [3.05, 3.63) is 53.6 Å². The molecule has 1 aliphatic rings. The fraction of sp³-hybridized carbons (Fsp3) is 0.278. The van der Waals surface area contributed by atoms with Gasteiger partial charge >= 0.3 is 0 Å². The number of fused-ring (bicyclic) bond motifs is 1. The summed E-state index contributed by atoms with van der Waals surface area (Å²) in [4.78, 5) is 4.38. The lowest BCUT2D eigenvalue weighted by Crippen LogP contribution is -2.23.